The fourth-order valence-corrected chi connectivity index (χ4v) is 2.37. The van der Waals surface area contributed by atoms with E-state index >= 15 is 0 Å². The van der Waals surface area contributed by atoms with E-state index in [4.69, 9.17) is 11.6 Å². The Morgan fingerprint density at radius 1 is 1.00 bits per heavy atom. The Bertz CT molecular complexity index is 690. The molecule has 0 atom stereocenters. The molecule has 1 aromatic heterocycles. The molecule has 0 spiro atoms. The van der Waals surface area contributed by atoms with Crippen LogP contribution < -0.4 is 5.32 Å². The number of aromatic nitrogens is 2. The number of anilines is 1. The lowest BCUT2D eigenvalue weighted by Crippen LogP contribution is -2.01. The number of benzene rings is 2. The maximum Gasteiger partial charge on any atom is 0.0659 e. The summed E-state index contributed by atoms with van der Waals surface area (Å²) in [6.07, 6.45) is 3.76. The Kier molecular flexibility index (Phi) is 4.22. The molecule has 2 aromatic carbocycles. The molecule has 21 heavy (non-hydrogen) atoms. The topological polar surface area (TPSA) is 29.9 Å². The highest BCUT2D eigenvalue weighted by Crippen LogP contribution is 2.14. The molecule has 0 aliphatic heterocycles. The quantitative estimate of drug-likeness (QED) is 0.765. The Morgan fingerprint density at radius 2 is 1.86 bits per heavy atom. The van der Waals surface area contributed by atoms with Gasteiger partial charge in [-0.05, 0) is 41.5 Å². The van der Waals surface area contributed by atoms with Gasteiger partial charge in [-0.3, -0.25) is 4.68 Å². The summed E-state index contributed by atoms with van der Waals surface area (Å²) in [5.41, 5.74) is 3.49. The second kappa shape index (κ2) is 6.46. The Balaban J connectivity index is 1.59. The lowest BCUT2D eigenvalue weighted by atomic mass is 10.2. The van der Waals surface area contributed by atoms with Crippen molar-refractivity contribution >= 4 is 17.3 Å². The number of hydrogen-bond acceptors (Lipinski definition) is 2. The van der Waals surface area contributed by atoms with Gasteiger partial charge in [0, 0.05) is 29.6 Å². The Hall–Kier alpha value is -2.26. The monoisotopic (exact) mass is 297 g/mol. The van der Waals surface area contributed by atoms with Crippen molar-refractivity contribution in [1.29, 1.82) is 0 Å². The zero-order chi connectivity index (χ0) is 14.5. The van der Waals surface area contributed by atoms with Crippen LogP contribution in [0.1, 0.15) is 11.1 Å². The van der Waals surface area contributed by atoms with Crippen molar-refractivity contribution in [3.05, 3.63) is 83.1 Å². The van der Waals surface area contributed by atoms with Gasteiger partial charge >= 0.3 is 0 Å². The number of nitrogens with zero attached hydrogens (tertiary/aromatic N) is 2. The fraction of sp³-hybridized carbons (Fsp3) is 0.118. The van der Waals surface area contributed by atoms with Crippen LogP contribution >= 0.6 is 11.6 Å². The molecule has 3 nitrogen and oxygen atoms in total. The van der Waals surface area contributed by atoms with Crippen molar-refractivity contribution in [2.75, 3.05) is 5.32 Å². The summed E-state index contributed by atoms with van der Waals surface area (Å²) in [6.45, 7) is 1.56. The molecule has 3 aromatic rings. The molecule has 0 radical (unpaired) electrons. The van der Waals surface area contributed by atoms with Gasteiger partial charge in [-0.25, -0.2) is 0 Å². The zero-order valence-electron chi connectivity index (χ0n) is 11.5. The highest BCUT2D eigenvalue weighted by Gasteiger charge is 1.98. The molecule has 0 unspecified atom stereocenters. The van der Waals surface area contributed by atoms with E-state index in [0.29, 0.717) is 0 Å². The maximum atomic E-state index is 5.98. The van der Waals surface area contributed by atoms with E-state index < -0.39 is 0 Å². The second-order valence-electron chi connectivity index (χ2n) is 4.88. The summed E-state index contributed by atoms with van der Waals surface area (Å²) in [5, 5.41) is 8.37. The first kappa shape index (κ1) is 13.7. The van der Waals surface area contributed by atoms with E-state index in [1.165, 1.54) is 11.1 Å². The van der Waals surface area contributed by atoms with Crippen molar-refractivity contribution in [1.82, 2.24) is 9.78 Å². The first-order chi connectivity index (χ1) is 10.3. The SMILES string of the molecule is Clc1cccc(CNc2ccc(Cn3cccn3)cc2)c1. The molecule has 0 saturated carbocycles. The van der Waals surface area contributed by atoms with Gasteiger partial charge in [-0.1, -0.05) is 35.9 Å². The van der Waals surface area contributed by atoms with Gasteiger partial charge in [0.1, 0.15) is 0 Å². The maximum absolute atomic E-state index is 5.98. The molecule has 0 bridgehead atoms. The molecule has 0 aliphatic carbocycles. The predicted octanol–water partition coefficient (Wildman–Crippen LogP) is 4.20. The standard InChI is InChI=1S/C17H16ClN3/c18-16-4-1-3-15(11-16)12-19-17-7-5-14(6-8-17)13-21-10-2-9-20-21/h1-11,19H,12-13H2. The van der Waals surface area contributed by atoms with Crippen LogP contribution in [-0.2, 0) is 13.1 Å². The summed E-state index contributed by atoms with van der Waals surface area (Å²) < 4.78 is 1.91. The third-order valence-corrected chi connectivity index (χ3v) is 3.48. The van der Waals surface area contributed by atoms with Gasteiger partial charge in [0.05, 0.1) is 6.54 Å². The molecule has 3 rings (SSSR count). The molecule has 0 saturated heterocycles. The molecular weight excluding hydrogens is 282 g/mol. The van der Waals surface area contributed by atoms with Crippen molar-refractivity contribution in [2.24, 2.45) is 0 Å². The summed E-state index contributed by atoms with van der Waals surface area (Å²) in [4.78, 5) is 0. The van der Waals surface area contributed by atoms with Crippen molar-refractivity contribution in [2.45, 2.75) is 13.1 Å². The third kappa shape index (κ3) is 3.86. The fourth-order valence-electron chi connectivity index (χ4n) is 2.16. The molecule has 0 amide bonds. The third-order valence-electron chi connectivity index (χ3n) is 3.24. The van der Waals surface area contributed by atoms with Gasteiger partial charge in [0.25, 0.3) is 0 Å². The first-order valence-corrected chi connectivity index (χ1v) is 7.22. The number of hydrogen-bond donors (Lipinski definition) is 1. The summed E-state index contributed by atoms with van der Waals surface area (Å²) in [7, 11) is 0. The molecule has 1 N–H and O–H groups in total. The van der Waals surface area contributed by atoms with E-state index in [9.17, 15) is 0 Å². The van der Waals surface area contributed by atoms with Gasteiger partial charge in [-0.2, -0.15) is 5.10 Å². The average molecular weight is 298 g/mol. The van der Waals surface area contributed by atoms with Crippen LogP contribution in [0.25, 0.3) is 0 Å². The second-order valence-corrected chi connectivity index (χ2v) is 5.32. The summed E-state index contributed by atoms with van der Waals surface area (Å²) >= 11 is 5.98. The Morgan fingerprint density at radius 3 is 2.57 bits per heavy atom. The van der Waals surface area contributed by atoms with Crippen LogP contribution in [0.15, 0.2) is 67.0 Å². The minimum Gasteiger partial charge on any atom is -0.381 e. The van der Waals surface area contributed by atoms with Crippen molar-refractivity contribution < 1.29 is 0 Å². The largest absolute Gasteiger partial charge is 0.381 e. The molecule has 0 aliphatic rings. The van der Waals surface area contributed by atoms with E-state index in [2.05, 4.69) is 40.7 Å². The van der Waals surface area contributed by atoms with Crippen LogP contribution in [0.4, 0.5) is 5.69 Å². The van der Waals surface area contributed by atoms with Crippen LogP contribution in [0, 0.1) is 0 Å². The smallest absolute Gasteiger partial charge is 0.0659 e. The Labute approximate surface area is 129 Å². The van der Waals surface area contributed by atoms with Crippen LogP contribution in [0.5, 0.6) is 0 Å². The van der Waals surface area contributed by atoms with Crippen molar-refractivity contribution in [3.8, 4) is 0 Å². The van der Waals surface area contributed by atoms with E-state index in [1.54, 1.807) is 6.20 Å². The predicted molar refractivity (Wildman–Crippen MR) is 86.5 cm³/mol. The van der Waals surface area contributed by atoms with Crippen LogP contribution in [-0.4, -0.2) is 9.78 Å². The highest BCUT2D eigenvalue weighted by molar-refractivity contribution is 6.30. The van der Waals surface area contributed by atoms with Crippen molar-refractivity contribution in [3.63, 3.8) is 0 Å². The number of nitrogens with one attached hydrogen (secondary N) is 1. The molecule has 106 valence electrons. The molecule has 0 fully saturated rings. The molecule has 1 heterocycles. The van der Waals surface area contributed by atoms with Crippen LogP contribution in [0.3, 0.4) is 0 Å². The molecular formula is C17H16ClN3. The average Bonchev–Trinajstić information content (AvgIpc) is 3.00. The summed E-state index contributed by atoms with van der Waals surface area (Å²) in [5.74, 6) is 0. The van der Waals surface area contributed by atoms with Crippen LogP contribution in [0.2, 0.25) is 5.02 Å². The van der Waals surface area contributed by atoms with E-state index in [-0.39, 0.29) is 0 Å². The number of rotatable bonds is 5. The minimum atomic E-state index is 0.763. The summed E-state index contributed by atoms with van der Waals surface area (Å²) in [6, 6.07) is 18.2. The number of halogens is 1. The highest BCUT2D eigenvalue weighted by atomic mass is 35.5. The normalized spacial score (nSPS) is 10.5. The zero-order valence-corrected chi connectivity index (χ0v) is 12.3. The molecule has 4 heteroatoms. The lowest BCUT2D eigenvalue weighted by molar-refractivity contribution is 0.687. The van der Waals surface area contributed by atoms with Gasteiger partial charge in [0.2, 0.25) is 0 Å². The van der Waals surface area contributed by atoms with Gasteiger partial charge < -0.3 is 5.32 Å². The minimum absolute atomic E-state index is 0.763. The first-order valence-electron chi connectivity index (χ1n) is 6.84. The van der Waals surface area contributed by atoms with Gasteiger partial charge in [-0.15, -0.1) is 0 Å². The van der Waals surface area contributed by atoms with Gasteiger partial charge in [0.15, 0.2) is 0 Å². The van der Waals surface area contributed by atoms with E-state index in [1.807, 2.05) is 35.1 Å². The lowest BCUT2D eigenvalue weighted by Gasteiger charge is -2.08. The van der Waals surface area contributed by atoms with E-state index in [0.717, 1.165) is 23.8 Å².